The van der Waals surface area contributed by atoms with E-state index in [-0.39, 0.29) is 12.4 Å². The normalized spacial score (nSPS) is 13.4. The van der Waals surface area contributed by atoms with Crippen LogP contribution in [0.3, 0.4) is 0 Å². The number of carbonyl (C=O) groups is 2. The van der Waals surface area contributed by atoms with E-state index >= 15 is 0 Å². The van der Waals surface area contributed by atoms with Crippen molar-refractivity contribution < 1.29 is 14.4 Å². The highest BCUT2D eigenvalue weighted by Crippen LogP contribution is 2.27. The minimum absolute atomic E-state index is 0.0125. The quantitative estimate of drug-likeness (QED) is 0.257. The number of hydrogen-bond donors (Lipinski definition) is 0. The van der Waals surface area contributed by atoms with Crippen LogP contribution in [0.5, 0.6) is 0 Å². The van der Waals surface area contributed by atoms with Gasteiger partial charge in [0.25, 0.3) is 11.8 Å². The number of hydrogen-bond acceptors (Lipinski definition) is 8. The first-order valence-corrected chi connectivity index (χ1v) is 10.1. The Kier molecular flexibility index (Phi) is 5.15. The molecule has 10 heteroatoms. The Morgan fingerprint density at radius 2 is 1.61 bits per heavy atom. The lowest BCUT2D eigenvalue weighted by atomic mass is 10.1. The van der Waals surface area contributed by atoms with Gasteiger partial charge in [-0.25, -0.2) is 14.6 Å². The van der Waals surface area contributed by atoms with Crippen LogP contribution >= 0.6 is 0 Å². The van der Waals surface area contributed by atoms with Crippen LogP contribution in [0.15, 0.2) is 78.0 Å². The molecule has 0 fully saturated rings. The molecule has 33 heavy (non-hydrogen) atoms. The van der Waals surface area contributed by atoms with E-state index in [0.29, 0.717) is 28.4 Å². The third kappa shape index (κ3) is 3.74. The zero-order valence-electron chi connectivity index (χ0n) is 17.5. The van der Waals surface area contributed by atoms with Gasteiger partial charge in [0.15, 0.2) is 12.3 Å². The monoisotopic (exact) mass is 439 g/mol. The number of carbonyl (C=O) groups excluding carboxylic acids is 2. The third-order valence-electron chi connectivity index (χ3n) is 5.06. The fraction of sp³-hybridized carbons (Fsp3) is 0.0870. The molecule has 2 amide bonds. The lowest BCUT2D eigenvalue weighted by Gasteiger charge is -2.13. The number of aryl methyl sites for hydroxylation is 1. The van der Waals surface area contributed by atoms with E-state index in [2.05, 4.69) is 25.7 Å². The summed E-state index contributed by atoms with van der Waals surface area (Å²) < 4.78 is 1.50. The Hall–Kier alpha value is -4.73. The molecule has 0 atom stereocenters. The number of amides is 2. The van der Waals surface area contributed by atoms with Crippen molar-refractivity contribution >= 4 is 23.3 Å². The van der Waals surface area contributed by atoms with Crippen molar-refractivity contribution in [1.29, 1.82) is 0 Å². The predicted molar refractivity (Wildman–Crippen MR) is 117 cm³/mol. The number of anilines is 1. The molecular weight excluding hydrogens is 422 g/mol. The maximum absolute atomic E-state index is 12.7. The van der Waals surface area contributed by atoms with Gasteiger partial charge in [-0.05, 0) is 34.7 Å². The van der Waals surface area contributed by atoms with E-state index in [9.17, 15) is 9.59 Å². The van der Waals surface area contributed by atoms with Gasteiger partial charge in [0.1, 0.15) is 5.82 Å². The molecule has 0 spiro atoms. The number of nitrogens with zero attached hydrogens (tertiary/aromatic N) is 7. The van der Waals surface area contributed by atoms with E-state index in [0.717, 1.165) is 10.5 Å². The lowest BCUT2D eigenvalue weighted by molar-refractivity contribution is 0.0924. The van der Waals surface area contributed by atoms with Crippen molar-refractivity contribution in [1.82, 2.24) is 25.2 Å². The molecule has 2 aromatic heterocycles. The summed E-state index contributed by atoms with van der Waals surface area (Å²) in [6.07, 6.45) is 0. The molecule has 0 saturated carbocycles. The van der Waals surface area contributed by atoms with Gasteiger partial charge >= 0.3 is 0 Å². The van der Waals surface area contributed by atoms with E-state index < -0.39 is 11.8 Å². The van der Waals surface area contributed by atoms with Gasteiger partial charge in [0.2, 0.25) is 5.82 Å². The number of tetrazole rings is 1. The molecule has 3 heterocycles. The van der Waals surface area contributed by atoms with Crippen LogP contribution in [-0.2, 0) is 18.5 Å². The second kappa shape index (κ2) is 8.42. The van der Waals surface area contributed by atoms with Crippen molar-refractivity contribution in [2.75, 3.05) is 4.90 Å². The molecule has 0 saturated heterocycles. The zero-order chi connectivity index (χ0) is 22.8. The molecule has 2 aromatic carbocycles. The second-order valence-corrected chi connectivity index (χ2v) is 7.18. The summed E-state index contributed by atoms with van der Waals surface area (Å²) in [5.41, 5.74) is 2.46. The number of pyridine rings is 1. The number of benzene rings is 2. The second-order valence-electron chi connectivity index (χ2n) is 7.18. The Labute approximate surface area is 188 Å². The summed E-state index contributed by atoms with van der Waals surface area (Å²) in [4.78, 5) is 36.5. The highest BCUT2D eigenvalue weighted by molar-refractivity contribution is 6.34. The topological polar surface area (TPSA) is 115 Å². The molecular formula is C23H17N7O3. The summed E-state index contributed by atoms with van der Waals surface area (Å²) in [7, 11) is 1.71. The Balaban J connectivity index is 1.38. The molecule has 162 valence electrons. The van der Waals surface area contributed by atoms with Gasteiger partial charge in [-0.15, -0.1) is 5.10 Å². The molecule has 1 aliphatic heterocycles. The molecule has 10 nitrogen and oxygen atoms in total. The standard InChI is InChI=1S/C23H17N7O3/c1-29-21(25-27-28-29)20(15-8-3-2-4-9-15)26-33-14-16-10-7-13-19(24-16)30-22(31)17-11-5-6-12-18(17)23(30)32/h2-13H,14H2,1H3/b26-20-. The van der Waals surface area contributed by atoms with Crippen LogP contribution in [0.4, 0.5) is 5.82 Å². The van der Waals surface area contributed by atoms with Gasteiger partial charge in [-0.3, -0.25) is 9.59 Å². The maximum Gasteiger partial charge on any atom is 0.267 e. The molecule has 0 bridgehead atoms. The van der Waals surface area contributed by atoms with Crippen LogP contribution in [0.2, 0.25) is 0 Å². The van der Waals surface area contributed by atoms with Crippen LogP contribution < -0.4 is 4.90 Å². The van der Waals surface area contributed by atoms with Crippen molar-refractivity contribution in [3.63, 3.8) is 0 Å². The molecule has 0 N–H and O–H groups in total. The predicted octanol–water partition coefficient (Wildman–Crippen LogP) is 2.37. The van der Waals surface area contributed by atoms with E-state index in [1.54, 1.807) is 49.5 Å². The first kappa shape index (κ1) is 20.2. The molecule has 0 aliphatic carbocycles. The number of rotatable bonds is 6. The van der Waals surface area contributed by atoms with Gasteiger partial charge in [-0.2, -0.15) is 0 Å². The van der Waals surface area contributed by atoms with Gasteiger partial charge in [0, 0.05) is 12.6 Å². The average molecular weight is 439 g/mol. The van der Waals surface area contributed by atoms with Crippen molar-refractivity contribution in [2.24, 2.45) is 12.2 Å². The summed E-state index contributed by atoms with van der Waals surface area (Å²) >= 11 is 0. The zero-order valence-corrected chi connectivity index (χ0v) is 17.5. The molecule has 4 aromatic rings. The summed E-state index contributed by atoms with van der Waals surface area (Å²) in [6, 6.07) is 21.1. The summed E-state index contributed by atoms with van der Waals surface area (Å²) in [6.45, 7) is 0.0125. The van der Waals surface area contributed by atoms with E-state index in [1.807, 2.05) is 30.3 Å². The van der Waals surface area contributed by atoms with Gasteiger partial charge in [0.05, 0.1) is 16.8 Å². The van der Waals surface area contributed by atoms with Crippen LogP contribution in [-0.4, -0.2) is 42.7 Å². The number of imide groups is 1. The summed E-state index contributed by atoms with van der Waals surface area (Å²) in [5.74, 6) is -0.137. The minimum atomic E-state index is -0.402. The van der Waals surface area contributed by atoms with Gasteiger partial charge < -0.3 is 4.84 Å². The van der Waals surface area contributed by atoms with Crippen LogP contribution in [0.1, 0.15) is 37.8 Å². The van der Waals surface area contributed by atoms with Crippen molar-refractivity contribution in [2.45, 2.75) is 6.61 Å². The SMILES string of the molecule is Cn1nnnc1/C(=N\OCc1cccc(N2C(=O)c3ccccc3C2=O)n1)c1ccccc1. The first-order valence-electron chi connectivity index (χ1n) is 10.1. The molecule has 1 aliphatic rings. The smallest absolute Gasteiger partial charge is 0.267 e. The number of fused-ring (bicyclic) bond motifs is 1. The van der Waals surface area contributed by atoms with Gasteiger partial charge in [-0.1, -0.05) is 53.7 Å². The Bertz CT molecular complexity index is 1350. The molecule has 0 unspecified atom stereocenters. The average Bonchev–Trinajstić information content (AvgIpc) is 3.38. The van der Waals surface area contributed by atoms with Crippen molar-refractivity contribution in [3.05, 3.63) is 101 Å². The largest absolute Gasteiger partial charge is 0.389 e. The number of aromatic nitrogens is 5. The Morgan fingerprint density at radius 3 is 2.27 bits per heavy atom. The van der Waals surface area contributed by atoms with Crippen LogP contribution in [0.25, 0.3) is 0 Å². The Morgan fingerprint density at radius 1 is 0.909 bits per heavy atom. The van der Waals surface area contributed by atoms with E-state index in [1.165, 1.54) is 4.68 Å². The fourth-order valence-electron chi connectivity index (χ4n) is 3.48. The first-order chi connectivity index (χ1) is 16.1. The fourth-order valence-corrected chi connectivity index (χ4v) is 3.48. The maximum atomic E-state index is 12.7. The minimum Gasteiger partial charge on any atom is -0.389 e. The lowest BCUT2D eigenvalue weighted by Crippen LogP contribution is -2.30. The third-order valence-corrected chi connectivity index (χ3v) is 5.06. The molecule has 5 rings (SSSR count). The molecule has 0 radical (unpaired) electrons. The van der Waals surface area contributed by atoms with Crippen molar-refractivity contribution in [3.8, 4) is 0 Å². The number of oxime groups is 1. The van der Waals surface area contributed by atoms with Crippen LogP contribution in [0, 0.1) is 0 Å². The van der Waals surface area contributed by atoms with E-state index in [4.69, 9.17) is 4.84 Å². The highest BCUT2D eigenvalue weighted by atomic mass is 16.6. The highest BCUT2D eigenvalue weighted by Gasteiger charge is 2.37. The summed E-state index contributed by atoms with van der Waals surface area (Å²) in [5, 5.41) is 15.8.